The fourth-order valence-electron chi connectivity index (χ4n) is 0.994. The van der Waals surface area contributed by atoms with Crippen LogP contribution in [0.5, 0.6) is 0 Å². The number of aliphatic hydroxyl groups excluding tert-OH is 2. The van der Waals surface area contributed by atoms with Crippen molar-refractivity contribution in [3.8, 4) is 0 Å². The van der Waals surface area contributed by atoms with Gasteiger partial charge >= 0.3 is 0 Å². The van der Waals surface area contributed by atoms with Gasteiger partial charge in [0.15, 0.2) is 0 Å². The molecule has 0 spiro atoms. The van der Waals surface area contributed by atoms with Gasteiger partial charge in [-0.3, -0.25) is 0 Å². The molecule has 0 aromatic carbocycles. The summed E-state index contributed by atoms with van der Waals surface area (Å²) in [6, 6.07) is 0. The molecule has 0 unspecified atom stereocenters. The van der Waals surface area contributed by atoms with Crippen LogP contribution in [-0.2, 0) is 0 Å². The molecule has 0 saturated heterocycles. The maximum Gasteiger partial charge on any atom is 0.0685 e. The second kappa shape index (κ2) is 4.70. The molecule has 0 aromatic heterocycles. The van der Waals surface area contributed by atoms with Gasteiger partial charge in [0.1, 0.15) is 0 Å². The topological polar surface area (TPSA) is 40.5 Å². The Hall–Kier alpha value is -1.12. The van der Waals surface area contributed by atoms with Crippen LogP contribution in [0.3, 0.4) is 0 Å². The molecule has 0 radical (unpaired) electrons. The van der Waals surface area contributed by atoms with Crippen molar-refractivity contribution in [3.63, 3.8) is 0 Å². The maximum atomic E-state index is 8.93. The zero-order valence-electron chi connectivity index (χ0n) is 6.77. The molecular formula is C10H12O2. The van der Waals surface area contributed by atoms with Crippen molar-refractivity contribution in [2.75, 3.05) is 13.2 Å². The number of allylic oxidation sites excluding steroid dienone is 6. The lowest BCUT2D eigenvalue weighted by molar-refractivity contribution is 0.311. The van der Waals surface area contributed by atoms with Crippen LogP contribution in [-0.4, -0.2) is 23.4 Å². The fourth-order valence-corrected chi connectivity index (χ4v) is 0.994. The van der Waals surface area contributed by atoms with Crippen LogP contribution < -0.4 is 0 Å². The highest BCUT2D eigenvalue weighted by Crippen LogP contribution is 2.10. The van der Waals surface area contributed by atoms with E-state index < -0.39 is 0 Å². The van der Waals surface area contributed by atoms with Gasteiger partial charge in [-0.15, -0.1) is 0 Å². The second-order valence-electron chi connectivity index (χ2n) is 2.47. The van der Waals surface area contributed by atoms with E-state index >= 15 is 0 Å². The molecule has 1 aliphatic rings. The molecule has 0 aromatic rings. The van der Waals surface area contributed by atoms with Crippen molar-refractivity contribution in [1.82, 2.24) is 0 Å². The molecule has 0 atom stereocenters. The smallest absolute Gasteiger partial charge is 0.0685 e. The maximum absolute atomic E-state index is 8.93. The molecule has 0 heterocycles. The normalized spacial score (nSPS) is 30.5. The Morgan fingerprint density at radius 1 is 0.750 bits per heavy atom. The van der Waals surface area contributed by atoms with Crippen molar-refractivity contribution in [1.29, 1.82) is 0 Å². The molecule has 1 aliphatic carbocycles. The van der Waals surface area contributed by atoms with E-state index in [1.54, 1.807) is 12.2 Å². The third-order valence-electron chi connectivity index (χ3n) is 1.68. The summed E-state index contributed by atoms with van der Waals surface area (Å²) in [5, 5.41) is 17.9. The monoisotopic (exact) mass is 164 g/mol. The zero-order valence-corrected chi connectivity index (χ0v) is 6.77. The number of aliphatic hydroxyl groups is 2. The third kappa shape index (κ3) is 2.19. The summed E-state index contributed by atoms with van der Waals surface area (Å²) in [4.78, 5) is 0. The van der Waals surface area contributed by atoms with Crippen LogP contribution in [0.1, 0.15) is 0 Å². The molecule has 0 fully saturated rings. The molecule has 0 saturated carbocycles. The lowest BCUT2D eigenvalue weighted by atomic mass is 10.1. The molecule has 0 amide bonds. The molecule has 2 heteroatoms. The Kier molecular flexibility index (Phi) is 3.51. The quantitative estimate of drug-likeness (QED) is 0.638. The van der Waals surface area contributed by atoms with E-state index in [0.29, 0.717) is 0 Å². The van der Waals surface area contributed by atoms with Crippen LogP contribution in [0.4, 0.5) is 0 Å². The molecule has 2 nitrogen and oxygen atoms in total. The summed E-state index contributed by atoms with van der Waals surface area (Å²) in [7, 11) is 0. The highest BCUT2D eigenvalue weighted by Gasteiger charge is 2.00. The van der Waals surface area contributed by atoms with E-state index in [4.69, 9.17) is 10.2 Å². The van der Waals surface area contributed by atoms with Crippen molar-refractivity contribution >= 4 is 0 Å². The van der Waals surface area contributed by atoms with Gasteiger partial charge in [0.05, 0.1) is 13.2 Å². The lowest BCUT2D eigenvalue weighted by Gasteiger charge is -2.05. The number of hydrogen-bond donors (Lipinski definition) is 2. The van der Waals surface area contributed by atoms with Gasteiger partial charge in [0.25, 0.3) is 0 Å². The predicted molar refractivity (Wildman–Crippen MR) is 48.6 cm³/mol. The van der Waals surface area contributed by atoms with Gasteiger partial charge in [-0.25, -0.2) is 0 Å². The van der Waals surface area contributed by atoms with Crippen LogP contribution in [0.25, 0.3) is 0 Å². The summed E-state index contributed by atoms with van der Waals surface area (Å²) in [5.41, 5.74) is 1.52. The highest BCUT2D eigenvalue weighted by molar-refractivity contribution is 5.39. The van der Waals surface area contributed by atoms with Crippen molar-refractivity contribution in [3.05, 3.63) is 47.6 Å². The summed E-state index contributed by atoms with van der Waals surface area (Å²) in [6.07, 6.45) is 11.0. The van der Waals surface area contributed by atoms with Gasteiger partial charge in [-0.1, -0.05) is 36.5 Å². The first kappa shape index (κ1) is 8.97. The Bertz CT molecular complexity index is 229. The van der Waals surface area contributed by atoms with Crippen molar-refractivity contribution < 1.29 is 10.2 Å². The molecule has 0 bridgehead atoms. The first-order valence-electron chi connectivity index (χ1n) is 3.83. The van der Waals surface area contributed by atoms with E-state index in [1.807, 2.05) is 24.3 Å². The largest absolute Gasteiger partial charge is 0.392 e. The summed E-state index contributed by atoms with van der Waals surface area (Å²) in [6.45, 7) is -0.0743. The standard InChI is InChI=1S/C10H12O2/c11-7-9-5-3-1-2-4-6-10(9)8-12/h1-6,11-12H,7-8H2/b2-1?,3-1-,4-2-,5-3?,6-4?,9-5-,10-6-,10-9?. The molecule has 2 N–H and O–H groups in total. The minimum absolute atomic E-state index is 0.0371. The van der Waals surface area contributed by atoms with Crippen LogP contribution in [0.15, 0.2) is 47.6 Å². The van der Waals surface area contributed by atoms with Gasteiger partial charge in [0.2, 0.25) is 0 Å². The minimum Gasteiger partial charge on any atom is -0.392 e. The molecule has 12 heavy (non-hydrogen) atoms. The van der Waals surface area contributed by atoms with Crippen LogP contribution in [0, 0.1) is 0 Å². The van der Waals surface area contributed by atoms with Crippen LogP contribution in [0.2, 0.25) is 0 Å². The van der Waals surface area contributed by atoms with E-state index in [1.165, 1.54) is 0 Å². The molecule has 64 valence electrons. The zero-order chi connectivity index (χ0) is 8.81. The number of hydrogen-bond acceptors (Lipinski definition) is 2. The van der Waals surface area contributed by atoms with Gasteiger partial charge in [-0.05, 0) is 11.1 Å². The van der Waals surface area contributed by atoms with E-state index in [9.17, 15) is 0 Å². The molecule has 1 rings (SSSR count). The summed E-state index contributed by atoms with van der Waals surface area (Å²) in [5.74, 6) is 0. The summed E-state index contributed by atoms with van der Waals surface area (Å²) >= 11 is 0. The van der Waals surface area contributed by atoms with Crippen LogP contribution >= 0.6 is 0 Å². The highest BCUT2D eigenvalue weighted by atomic mass is 16.3. The van der Waals surface area contributed by atoms with E-state index in [0.717, 1.165) is 11.1 Å². The first-order valence-corrected chi connectivity index (χ1v) is 3.83. The van der Waals surface area contributed by atoms with Crippen molar-refractivity contribution in [2.24, 2.45) is 0 Å². The van der Waals surface area contributed by atoms with Gasteiger partial charge in [0, 0.05) is 0 Å². The van der Waals surface area contributed by atoms with Crippen molar-refractivity contribution in [2.45, 2.75) is 0 Å². The Labute approximate surface area is 71.8 Å². The third-order valence-corrected chi connectivity index (χ3v) is 1.68. The Balaban J connectivity index is 2.91. The summed E-state index contributed by atoms with van der Waals surface area (Å²) < 4.78 is 0. The predicted octanol–water partition coefficient (Wildman–Crippen LogP) is 0.950. The molecular weight excluding hydrogens is 152 g/mol. The Morgan fingerprint density at radius 2 is 1.17 bits per heavy atom. The fraction of sp³-hybridized carbons (Fsp3) is 0.200. The van der Waals surface area contributed by atoms with E-state index in [2.05, 4.69) is 0 Å². The first-order chi connectivity index (χ1) is 5.88. The minimum atomic E-state index is -0.0371. The second-order valence-corrected chi connectivity index (χ2v) is 2.47. The average Bonchev–Trinajstić information content (AvgIpc) is 2.05. The van der Waals surface area contributed by atoms with Gasteiger partial charge < -0.3 is 10.2 Å². The lowest BCUT2D eigenvalue weighted by Crippen LogP contribution is -1.99. The number of rotatable bonds is 2. The van der Waals surface area contributed by atoms with Gasteiger partial charge in [-0.2, -0.15) is 0 Å². The Morgan fingerprint density at radius 3 is 1.50 bits per heavy atom. The van der Waals surface area contributed by atoms with E-state index in [-0.39, 0.29) is 13.2 Å². The molecule has 0 aliphatic heterocycles. The average molecular weight is 164 g/mol. The SMILES string of the molecule is OCC1=C/C=C\C=C/C=C\1CO.